The van der Waals surface area contributed by atoms with E-state index >= 15 is 0 Å². The molecule has 0 fully saturated rings. The van der Waals surface area contributed by atoms with E-state index in [1.807, 2.05) is 0 Å². The van der Waals surface area contributed by atoms with Gasteiger partial charge in [0.2, 0.25) is 20.0 Å². The first kappa shape index (κ1) is 26.7. The predicted octanol–water partition coefficient (Wildman–Crippen LogP) is 6.19. The van der Waals surface area contributed by atoms with E-state index in [0.717, 1.165) is 0 Å². The zero-order valence-corrected chi connectivity index (χ0v) is 22.1. The molecule has 7 nitrogen and oxygen atoms in total. The van der Waals surface area contributed by atoms with Crippen molar-refractivity contribution in [3.63, 3.8) is 0 Å². The highest BCUT2D eigenvalue weighted by atomic mass is 35.5. The summed E-state index contributed by atoms with van der Waals surface area (Å²) in [5.41, 5.74) is 1.11. The Morgan fingerprint density at radius 3 is 1.65 bits per heavy atom. The van der Waals surface area contributed by atoms with Gasteiger partial charge in [0.15, 0.2) is 0 Å². The van der Waals surface area contributed by atoms with Crippen LogP contribution in [-0.4, -0.2) is 23.9 Å². The van der Waals surface area contributed by atoms with E-state index in [9.17, 15) is 16.8 Å². The molecule has 0 aromatic heterocycles. The molecule has 3 rings (SSSR count). The molecule has 0 aliphatic carbocycles. The molecule has 0 radical (unpaired) electrons. The standard InChI is InChI=1S/C21H18Cl4N2O5S2/c1-32-21-7-2-13(11-33(28,29)26-15-3-5-17(22)19(24)9-15)8-14(21)12-34(30,31)27-16-4-6-18(23)20(25)10-16/h2-10,26-27H,11-12H2,1H3. The molecule has 2 N–H and O–H groups in total. The summed E-state index contributed by atoms with van der Waals surface area (Å²) in [7, 11) is -6.34. The molecule has 0 unspecified atom stereocenters. The van der Waals surface area contributed by atoms with Gasteiger partial charge >= 0.3 is 0 Å². The molecule has 0 heterocycles. The zero-order chi connectivity index (χ0) is 25.1. The van der Waals surface area contributed by atoms with Gasteiger partial charge in [-0.2, -0.15) is 0 Å². The fourth-order valence-corrected chi connectivity index (χ4v) is 5.98. The number of nitrogens with one attached hydrogen (secondary N) is 2. The van der Waals surface area contributed by atoms with E-state index < -0.39 is 31.6 Å². The molecule has 13 heteroatoms. The van der Waals surface area contributed by atoms with Crippen molar-refractivity contribution in [2.24, 2.45) is 0 Å². The first-order chi connectivity index (χ1) is 15.9. The number of hydrogen-bond acceptors (Lipinski definition) is 5. The number of anilines is 2. The minimum absolute atomic E-state index is 0.195. The summed E-state index contributed by atoms with van der Waals surface area (Å²) in [5.74, 6) is -0.590. The highest BCUT2D eigenvalue weighted by Gasteiger charge is 2.19. The Morgan fingerprint density at radius 2 is 1.18 bits per heavy atom. The molecule has 34 heavy (non-hydrogen) atoms. The molecule has 3 aromatic carbocycles. The highest BCUT2D eigenvalue weighted by Crippen LogP contribution is 2.29. The summed E-state index contributed by atoms with van der Waals surface area (Å²) in [5, 5.41) is 0.976. The maximum Gasteiger partial charge on any atom is 0.237 e. The molecule has 0 bridgehead atoms. The maximum atomic E-state index is 12.7. The number of rotatable bonds is 9. The number of halogens is 4. The van der Waals surface area contributed by atoms with Crippen LogP contribution < -0.4 is 14.2 Å². The number of sulfonamides is 2. The lowest BCUT2D eigenvalue weighted by atomic mass is 10.1. The van der Waals surface area contributed by atoms with Crippen LogP contribution in [0.2, 0.25) is 20.1 Å². The Kier molecular flexibility index (Phi) is 8.49. The van der Waals surface area contributed by atoms with E-state index in [1.54, 1.807) is 0 Å². The Labute approximate surface area is 218 Å². The quantitative estimate of drug-likeness (QED) is 0.312. The Morgan fingerprint density at radius 1 is 0.676 bits per heavy atom. The summed E-state index contributed by atoms with van der Waals surface area (Å²) in [6.45, 7) is 0. The average molecular weight is 584 g/mol. The third-order valence-corrected chi connectivity index (χ3v) is 8.41. The SMILES string of the molecule is COc1ccc(CS(=O)(=O)Nc2ccc(Cl)c(Cl)c2)cc1CS(=O)(=O)Nc1ccc(Cl)c(Cl)c1. The third-order valence-electron chi connectivity index (χ3n) is 4.43. The van der Waals surface area contributed by atoms with Gasteiger partial charge in [0.1, 0.15) is 5.75 Å². The van der Waals surface area contributed by atoms with E-state index in [-0.39, 0.29) is 37.8 Å². The van der Waals surface area contributed by atoms with Crippen LogP contribution in [0.15, 0.2) is 54.6 Å². The van der Waals surface area contributed by atoms with Crippen molar-refractivity contribution < 1.29 is 21.6 Å². The van der Waals surface area contributed by atoms with Crippen LogP contribution in [0.1, 0.15) is 11.1 Å². The number of hydrogen-bond donors (Lipinski definition) is 2. The van der Waals surface area contributed by atoms with Gasteiger partial charge in [0.25, 0.3) is 0 Å². The largest absolute Gasteiger partial charge is 0.496 e. The lowest BCUT2D eigenvalue weighted by Gasteiger charge is -2.14. The Hall–Kier alpha value is -1.88. The Balaban J connectivity index is 1.80. The van der Waals surface area contributed by atoms with Crippen LogP contribution in [0.3, 0.4) is 0 Å². The second-order valence-corrected chi connectivity index (χ2v) is 12.2. The van der Waals surface area contributed by atoms with Gasteiger partial charge in [-0.15, -0.1) is 0 Å². The molecule has 3 aromatic rings. The summed E-state index contributed by atoms with van der Waals surface area (Å²) in [6, 6.07) is 13.2. The van der Waals surface area contributed by atoms with E-state index in [4.69, 9.17) is 51.1 Å². The molecule has 0 saturated heterocycles. The van der Waals surface area contributed by atoms with E-state index in [1.165, 1.54) is 61.7 Å². The third kappa shape index (κ3) is 7.31. The van der Waals surface area contributed by atoms with Gasteiger partial charge in [0, 0.05) is 5.56 Å². The lowest BCUT2D eigenvalue weighted by molar-refractivity contribution is 0.411. The van der Waals surface area contributed by atoms with Gasteiger partial charge in [-0.25, -0.2) is 16.8 Å². The van der Waals surface area contributed by atoms with Crippen molar-refractivity contribution in [3.05, 3.63) is 85.8 Å². The summed E-state index contributed by atoms with van der Waals surface area (Å²) in [4.78, 5) is 0. The maximum absolute atomic E-state index is 12.7. The molecule has 0 saturated carbocycles. The molecule has 182 valence electrons. The topological polar surface area (TPSA) is 102 Å². The molecule has 0 atom stereocenters. The minimum Gasteiger partial charge on any atom is -0.496 e. The second kappa shape index (κ2) is 10.8. The summed E-state index contributed by atoms with van der Waals surface area (Å²) in [6.07, 6.45) is 0. The lowest BCUT2D eigenvalue weighted by Crippen LogP contribution is -2.17. The van der Waals surface area contributed by atoms with Gasteiger partial charge in [-0.1, -0.05) is 52.5 Å². The van der Waals surface area contributed by atoms with Crippen molar-refractivity contribution in [1.29, 1.82) is 0 Å². The Bertz CT molecular complexity index is 1430. The van der Waals surface area contributed by atoms with Crippen molar-refractivity contribution >= 4 is 77.8 Å². The normalized spacial score (nSPS) is 11.8. The first-order valence-corrected chi connectivity index (χ1v) is 14.3. The summed E-state index contributed by atoms with van der Waals surface area (Å²) >= 11 is 23.6. The molecule has 0 aliphatic rings. The van der Waals surface area contributed by atoms with Crippen LogP contribution in [0.4, 0.5) is 11.4 Å². The van der Waals surface area contributed by atoms with E-state index in [2.05, 4.69) is 9.44 Å². The minimum atomic E-state index is -3.89. The van der Waals surface area contributed by atoms with Crippen LogP contribution in [0, 0.1) is 0 Å². The molecular formula is C21H18Cl4N2O5S2. The fourth-order valence-electron chi connectivity index (χ4n) is 3.01. The number of ether oxygens (including phenoxy) is 1. The van der Waals surface area contributed by atoms with Crippen molar-refractivity contribution in [2.45, 2.75) is 11.5 Å². The highest BCUT2D eigenvalue weighted by molar-refractivity contribution is 7.92. The number of methoxy groups -OCH3 is 1. The van der Waals surface area contributed by atoms with Crippen LogP contribution in [0.25, 0.3) is 0 Å². The first-order valence-electron chi connectivity index (χ1n) is 9.44. The average Bonchev–Trinajstić information content (AvgIpc) is 2.72. The van der Waals surface area contributed by atoms with Gasteiger partial charge in [0.05, 0.1) is 50.1 Å². The molecule has 0 amide bonds. The van der Waals surface area contributed by atoms with Crippen LogP contribution >= 0.6 is 46.4 Å². The van der Waals surface area contributed by atoms with E-state index in [0.29, 0.717) is 10.6 Å². The van der Waals surface area contributed by atoms with Crippen molar-refractivity contribution in [1.82, 2.24) is 0 Å². The van der Waals surface area contributed by atoms with Crippen LogP contribution in [-0.2, 0) is 31.6 Å². The fraction of sp³-hybridized carbons (Fsp3) is 0.143. The smallest absolute Gasteiger partial charge is 0.237 e. The molecule has 0 aliphatic heterocycles. The van der Waals surface area contributed by atoms with Gasteiger partial charge < -0.3 is 4.74 Å². The van der Waals surface area contributed by atoms with Crippen LogP contribution in [0.5, 0.6) is 5.75 Å². The molecule has 0 spiro atoms. The predicted molar refractivity (Wildman–Crippen MR) is 138 cm³/mol. The zero-order valence-electron chi connectivity index (χ0n) is 17.5. The monoisotopic (exact) mass is 582 g/mol. The molecular weight excluding hydrogens is 566 g/mol. The second-order valence-electron chi connectivity index (χ2n) is 7.13. The summed E-state index contributed by atoms with van der Waals surface area (Å²) < 4.78 is 60.9. The van der Waals surface area contributed by atoms with Gasteiger partial charge in [-0.3, -0.25) is 9.44 Å². The van der Waals surface area contributed by atoms with Crippen molar-refractivity contribution in [2.75, 3.05) is 16.6 Å². The number of benzene rings is 3. The van der Waals surface area contributed by atoms with Gasteiger partial charge in [-0.05, 0) is 54.1 Å². The van der Waals surface area contributed by atoms with Crippen molar-refractivity contribution in [3.8, 4) is 5.75 Å².